The number of rotatable bonds is 1. The molecule has 0 bridgehead atoms. The fraction of sp³-hybridized carbons (Fsp3) is 0.400. The SMILES string of the molecule is CC.CC=Nc1cc(F)ncc1C. The highest BCUT2D eigenvalue weighted by Crippen LogP contribution is 2.16. The maximum Gasteiger partial charge on any atom is 0.214 e. The van der Waals surface area contributed by atoms with Crippen LogP contribution in [0.4, 0.5) is 10.1 Å². The summed E-state index contributed by atoms with van der Waals surface area (Å²) in [6, 6.07) is 1.31. The molecule has 0 N–H and O–H groups in total. The summed E-state index contributed by atoms with van der Waals surface area (Å²) in [6.07, 6.45) is 3.10. The zero-order valence-electron chi connectivity index (χ0n) is 8.50. The first-order chi connectivity index (χ1) is 6.24. The first-order valence-electron chi connectivity index (χ1n) is 4.35. The molecule has 0 aliphatic carbocycles. The Morgan fingerprint density at radius 1 is 1.46 bits per heavy atom. The van der Waals surface area contributed by atoms with Gasteiger partial charge in [-0.05, 0) is 19.4 Å². The summed E-state index contributed by atoms with van der Waals surface area (Å²) in [6.45, 7) is 7.63. The van der Waals surface area contributed by atoms with Crippen LogP contribution in [0.3, 0.4) is 0 Å². The minimum atomic E-state index is -0.490. The maximum atomic E-state index is 12.5. The van der Waals surface area contributed by atoms with Crippen LogP contribution in [0.1, 0.15) is 26.3 Å². The van der Waals surface area contributed by atoms with Gasteiger partial charge in [-0.3, -0.25) is 4.99 Å². The van der Waals surface area contributed by atoms with Crippen molar-refractivity contribution in [3.05, 3.63) is 23.8 Å². The van der Waals surface area contributed by atoms with Crippen LogP contribution in [0.2, 0.25) is 0 Å². The third kappa shape index (κ3) is 3.78. The summed E-state index contributed by atoms with van der Waals surface area (Å²) in [4.78, 5) is 7.44. The second-order valence-corrected chi connectivity index (χ2v) is 2.18. The second-order valence-electron chi connectivity index (χ2n) is 2.18. The Bertz CT molecular complexity index is 282. The summed E-state index contributed by atoms with van der Waals surface area (Å²) >= 11 is 0. The predicted octanol–water partition coefficient (Wildman–Crippen LogP) is 3.28. The van der Waals surface area contributed by atoms with Gasteiger partial charge in [0, 0.05) is 18.5 Å². The average molecular weight is 182 g/mol. The molecule has 0 amide bonds. The van der Waals surface area contributed by atoms with Crippen molar-refractivity contribution in [3.63, 3.8) is 0 Å². The van der Waals surface area contributed by atoms with Crippen LogP contribution in [-0.2, 0) is 0 Å². The third-order valence-corrected chi connectivity index (χ3v) is 1.31. The van der Waals surface area contributed by atoms with E-state index in [-0.39, 0.29) is 0 Å². The number of nitrogens with zero attached hydrogens (tertiary/aromatic N) is 2. The summed E-state index contributed by atoms with van der Waals surface area (Å²) in [7, 11) is 0. The molecule has 1 aromatic rings. The van der Waals surface area contributed by atoms with Crippen molar-refractivity contribution >= 4 is 11.9 Å². The van der Waals surface area contributed by atoms with Crippen molar-refractivity contribution < 1.29 is 4.39 Å². The molecule has 1 rings (SSSR count). The Morgan fingerprint density at radius 2 is 2.08 bits per heavy atom. The first-order valence-corrected chi connectivity index (χ1v) is 4.35. The molecular weight excluding hydrogens is 167 g/mol. The number of aryl methyl sites for hydroxylation is 1. The van der Waals surface area contributed by atoms with Gasteiger partial charge in [0.1, 0.15) is 0 Å². The minimum Gasteiger partial charge on any atom is -0.261 e. The van der Waals surface area contributed by atoms with Gasteiger partial charge in [0.2, 0.25) is 5.95 Å². The van der Waals surface area contributed by atoms with Gasteiger partial charge in [-0.25, -0.2) is 4.98 Å². The van der Waals surface area contributed by atoms with Gasteiger partial charge in [-0.2, -0.15) is 4.39 Å². The number of pyridine rings is 1. The summed E-state index contributed by atoms with van der Waals surface area (Å²) < 4.78 is 12.5. The zero-order valence-corrected chi connectivity index (χ0v) is 8.50. The van der Waals surface area contributed by atoms with Crippen LogP contribution >= 0.6 is 0 Å². The molecule has 0 spiro atoms. The molecule has 2 nitrogen and oxygen atoms in total. The standard InChI is InChI=1S/C8H9FN2.C2H6/c1-3-10-7-4-8(9)11-5-6(7)2;1-2/h3-5H,1-2H3;1-2H3. The normalized spacial score (nSPS) is 9.62. The van der Waals surface area contributed by atoms with E-state index in [1.165, 1.54) is 12.3 Å². The van der Waals surface area contributed by atoms with E-state index in [1.807, 2.05) is 20.8 Å². The van der Waals surface area contributed by atoms with Gasteiger partial charge in [-0.1, -0.05) is 13.8 Å². The van der Waals surface area contributed by atoms with Crippen LogP contribution < -0.4 is 0 Å². The summed E-state index contributed by atoms with van der Waals surface area (Å²) in [5.41, 5.74) is 1.52. The average Bonchev–Trinajstić information content (AvgIpc) is 2.15. The van der Waals surface area contributed by atoms with Gasteiger partial charge >= 0.3 is 0 Å². The van der Waals surface area contributed by atoms with E-state index < -0.39 is 5.95 Å². The van der Waals surface area contributed by atoms with Gasteiger partial charge in [0.25, 0.3) is 0 Å². The lowest BCUT2D eigenvalue weighted by Gasteiger charge is -1.96. The topological polar surface area (TPSA) is 25.2 Å². The quantitative estimate of drug-likeness (QED) is 0.483. The Balaban J connectivity index is 0.000000671. The number of aliphatic imine (C=N–C) groups is 1. The Labute approximate surface area is 78.5 Å². The largest absolute Gasteiger partial charge is 0.261 e. The highest BCUT2D eigenvalue weighted by molar-refractivity contribution is 5.61. The molecule has 13 heavy (non-hydrogen) atoms. The molecule has 0 aliphatic rings. The van der Waals surface area contributed by atoms with Crippen molar-refractivity contribution in [1.29, 1.82) is 0 Å². The summed E-state index contributed by atoms with van der Waals surface area (Å²) in [5, 5.41) is 0. The second kappa shape index (κ2) is 6.29. The van der Waals surface area contributed by atoms with E-state index in [2.05, 4.69) is 9.98 Å². The molecule has 1 heterocycles. The number of hydrogen-bond donors (Lipinski definition) is 0. The molecule has 72 valence electrons. The van der Waals surface area contributed by atoms with Crippen molar-refractivity contribution in [1.82, 2.24) is 4.98 Å². The van der Waals surface area contributed by atoms with Gasteiger partial charge in [-0.15, -0.1) is 0 Å². The van der Waals surface area contributed by atoms with Gasteiger partial charge < -0.3 is 0 Å². The maximum absolute atomic E-state index is 12.5. The first kappa shape index (κ1) is 11.8. The highest BCUT2D eigenvalue weighted by Gasteiger charge is 1.97. The highest BCUT2D eigenvalue weighted by atomic mass is 19.1. The van der Waals surface area contributed by atoms with Crippen molar-refractivity contribution in [2.24, 2.45) is 4.99 Å². The van der Waals surface area contributed by atoms with Crippen molar-refractivity contribution in [2.75, 3.05) is 0 Å². The van der Waals surface area contributed by atoms with Crippen LogP contribution in [0.15, 0.2) is 17.3 Å². The molecule has 0 radical (unpaired) electrons. The van der Waals surface area contributed by atoms with Crippen LogP contribution in [0.25, 0.3) is 0 Å². The van der Waals surface area contributed by atoms with E-state index in [0.29, 0.717) is 5.69 Å². The Hall–Kier alpha value is -1.25. The fourth-order valence-corrected chi connectivity index (χ4v) is 0.767. The van der Waals surface area contributed by atoms with Crippen LogP contribution in [0, 0.1) is 12.9 Å². The zero-order chi connectivity index (χ0) is 10.3. The van der Waals surface area contributed by atoms with E-state index >= 15 is 0 Å². The number of halogens is 1. The van der Waals surface area contributed by atoms with E-state index in [0.717, 1.165) is 5.56 Å². The molecule has 0 atom stereocenters. The van der Waals surface area contributed by atoms with Crippen molar-refractivity contribution in [3.8, 4) is 0 Å². The monoisotopic (exact) mass is 182 g/mol. The molecular formula is C10H15FN2. The van der Waals surface area contributed by atoms with Gasteiger partial charge in [0.15, 0.2) is 0 Å². The molecule has 1 aromatic heterocycles. The predicted molar refractivity (Wildman–Crippen MR) is 54.1 cm³/mol. The van der Waals surface area contributed by atoms with Crippen LogP contribution in [-0.4, -0.2) is 11.2 Å². The van der Waals surface area contributed by atoms with E-state index in [4.69, 9.17) is 0 Å². The van der Waals surface area contributed by atoms with Gasteiger partial charge in [0.05, 0.1) is 5.69 Å². The fourth-order valence-electron chi connectivity index (χ4n) is 0.767. The number of hydrogen-bond acceptors (Lipinski definition) is 2. The lowest BCUT2D eigenvalue weighted by atomic mass is 10.3. The molecule has 3 heteroatoms. The van der Waals surface area contributed by atoms with Crippen molar-refractivity contribution in [2.45, 2.75) is 27.7 Å². The molecule has 0 aliphatic heterocycles. The van der Waals surface area contributed by atoms with Crippen LogP contribution in [0.5, 0.6) is 0 Å². The molecule has 0 fully saturated rings. The molecule has 0 unspecified atom stereocenters. The molecule has 0 saturated carbocycles. The van der Waals surface area contributed by atoms with E-state index in [1.54, 1.807) is 13.1 Å². The Morgan fingerprint density at radius 3 is 2.62 bits per heavy atom. The smallest absolute Gasteiger partial charge is 0.214 e. The molecule has 0 aromatic carbocycles. The lowest BCUT2D eigenvalue weighted by Crippen LogP contribution is -1.83. The summed E-state index contributed by atoms with van der Waals surface area (Å²) in [5.74, 6) is -0.490. The molecule has 0 saturated heterocycles. The third-order valence-electron chi connectivity index (χ3n) is 1.31. The minimum absolute atomic E-state index is 0.490. The number of aromatic nitrogens is 1. The van der Waals surface area contributed by atoms with E-state index in [9.17, 15) is 4.39 Å². The Kier molecular flexibility index (Phi) is 5.68. The lowest BCUT2D eigenvalue weighted by molar-refractivity contribution is 0.583.